The molecule has 1 aromatic rings. The first-order valence-corrected chi connectivity index (χ1v) is 6.82. The number of rotatable bonds is 1. The van der Waals surface area contributed by atoms with E-state index in [0.717, 1.165) is 0 Å². The van der Waals surface area contributed by atoms with Crippen molar-refractivity contribution in [3.05, 3.63) is 35.4 Å². The summed E-state index contributed by atoms with van der Waals surface area (Å²) in [5, 5.41) is 0. The summed E-state index contributed by atoms with van der Waals surface area (Å²) in [4.78, 5) is 2.48. The lowest BCUT2D eigenvalue weighted by Crippen LogP contribution is -2.22. The molecular formula is C16H25N. The Bertz CT molecular complexity index is 394. The molecule has 1 aliphatic carbocycles. The fourth-order valence-corrected chi connectivity index (χ4v) is 3.60. The van der Waals surface area contributed by atoms with E-state index in [-0.39, 0.29) is 0 Å². The molecule has 1 heteroatoms. The molecule has 1 aliphatic heterocycles. The molecule has 94 valence electrons. The van der Waals surface area contributed by atoms with Crippen LogP contribution >= 0.6 is 0 Å². The van der Waals surface area contributed by atoms with Crippen LogP contribution in [0.5, 0.6) is 0 Å². The quantitative estimate of drug-likeness (QED) is 0.713. The van der Waals surface area contributed by atoms with Crippen LogP contribution < -0.4 is 0 Å². The summed E-state index contributed by atoms with van der Waals surface area (Å²) >= 11 is 0. The van der Waals surface area contributed by atoms with Crippen molar-refractivity contribution < 1.29 is 0 Å². The third kappa shape index (κ3) is 1.81. The van der Waals surface area contributed by atoms with Crippen LogP contribution in [0.15, 0.2) is 24.3 Å². The van der Waals surface area contributed by atoms with Gasteiger partial charge < -0.3 is 4.90 Å². The Morgan fingerprint density at radius 2 is 1.65 bits per heavy atom. The van der Waals surface area contributed by atoms with Gasteiger partial charge in [0.25, 0.3) is 0 Å². The molecule has 2 fully saturated rings. The average Bonchev–Trinajstić information content (AvgIpc) is 2.77. The first kappa shape index (κ1) is 12.6. The summed E-state index contributed by atoms with van der Waals surface area (Å²) in [7, 11) is 2.24. The highest BCUT2D eigenvalue weighted by atomic mass is 15.2. The van der Waals surface area contributed by atoms with E-state index in [2.05, 4.69) is 50.1 Å². The van der Waals surface area contributed by atoms with E-state index in [0.29, 0.717) is 10.8 Å². The second kappa shape index (κ2) is 4.13. The van der Waals surface area contributed by atoms with E-state index < -0.39 is 0 Å². The van der Waals surface area contributed by atoms with Crippen molar-refractivity contribution in [1.29, 1.82) is 0 Å². The number of hydrogen-bond donors (Lipinski definition) is 0. The lowest BCUT2D eigenvalue weighted by Gasteiger charge is -2.16. The minimum Gasteiger partial charge on any atom is -0.305 e. The monoisotopic (exact) mass is 231 g/mol. The molecule has 2 atom stereocenters. The molecule has 1 saturated heterocycles. The molecule has 1 nitrogen and oxygen atoms in total. The zero-order chi connectivity index (χ0) is 12.7. The van der Waals surface area contributed by atoms with Gasteiger partial charge in [-0.05, 0) is 31.4 Å². The predicted octanol–water partition coefficient (Wildman–Crippen LogP) is 3.61. The smallest absolute Gasteiger partial charge is 0.0152 e. The van der Waals surface area contributed by atoms with Gasteiger partial charge in [-0.15, -0.1) is 0 Å². The number of piperidine rings is 1. The lowest BCUT2D eigenvalue weighted by atomic mass is 9.89. The largest absolute Gasteiger partial charge is 0.305 e. The van der Waals surface area contributed by atoms with Gasteiger partial charge in [-0.3, -0.25) is 0 Å². The van der Waals surface area contributed by atoms with Gasteiger partial charge in [-0.2, -0.15) is 0 Å². The zero-order valence-corrected chi connectivity index (χ0v) is 11.9. The van der Waals surface area contributed by atoms with E-state index in [1.165, 1.54) is 25.1 Å². The Balaban J connectivity index is 0.000000514. The standard InChI is InChI=1S/C14H19N.C2H6/c1-11-4-6-12(7-5-11)14-8-13(14,2)9-15(3)10-14;1-2/h4-7H,8-10H2,1-3H3;1-2H3. The molecule has 0 amide bonds. The van der Waals surface area contributed by atoms with Gasteiger partial charge in [0.2, 0.25) is 0 Å². The summed E-state index contributed by atoms with van der Waals surface area (Å²) in [6, 6.07) is 9.17. The average molecular weight is 231 g/mol. The molecule has 2 aliphatic rings. The summed E-state index contributed by atoms with van der Waals surface area (Å²) < 4.78 is 0. The summed E-state index contributed by atoms with van der Waals surface area (Å²) in [6.45, 7) is 11.1. The first-order valence-electron chi connectivity index (χ1n) is 6.82. The predicted molar refractivity (Wildman–Crippen MR) is 74.4 cm³/mol. The number of likely N-dealkylation sites (N-methyl/N-ethyl adjacent to an activating group) is 1. The number of nitrogens with zero attached hydrogens (tertiary/aromatic N) is 1. The highest BCUT2D eigenvalue weighted by Gasteiger charge is 2.68. The second-order valence-electron chi connectivity index (χ2n) is 5.86. The van der Waals surface area contributed by atoms with Crippen LogP contribution in [0, 0.1) is 12.3 Å². The number of fused-ring (bicyclic) bond motifs is 1. The van der Waals surface area contributed by atoms with E-state index in [1.54, 1.807) is 5.56 Å². The van der Waals surface area contributed by atoms with Crippen molar-refractivity contribution in [1.82, 2.24) is 4.90 Å². The van der Waals surface area contributed by atoms with Gasteiger partial charge in [0.05, 0.1) is 0 Å². The molecule has 3 rings (SSSR count). The number of benzene rings is 1. The van der Waals surface area contributed by atoms with Gasteiger partial charge in [0, 0.05) is 18.5 Å². The molecule has 0 aromatic heterocycles. The molecule has 17 heavy (non-hydrogen) atoms. The van der Waals surface area contributed by atoms with Crippen LogP contribution in [-0.4, -0.2) is 25.0 Å². The van der Waals surface area contributed by atoms with Gasteiger partial charge in [0.15, 0.2) is 0 Å². The molecule has 1 saturated carbocycles. The maximum Gasteiger partial charge on any atom is 0.0152 e. The first-order chi connectivity index (χ1) is 8.06. The minimum atomic E-state index is 0.482. The molecule has 0 N–H and O–H groups in total. The Labute approximate surface area is 106 Å². The minimum absolute atomic E-state index is 0.482. The van der Waals surface area contributed by atoms with Gasteiger partial charge in [0.1, 0.15) is 0 Å². The van der Waals surface area contributed by atoms with Crippen molar-refractivity contribution in [3.8, 4) is 0 Å². The molecule has 1 heterocycles. The van der Waals surface area contributed by atoms with Crippen LogP contribution in [-0.2, 0) is 5.41 Å². The van der Waals surface area contributed by atoms with Gasteiger partial charge in [-0.25, -0.2) is 0 Å². The van der Waals surface area contributed by atoms with Gasteiger partial charge >= 0.3 is 0 Å². The topological polar surface area (TPSA) is 3.24 Å². The molecule has 0 radical (unpaired) electrons. The van der Waals surface area contributed by atoms with Gasteiger partial charge in [-0.1, -0.05) is 50.6 Å². The van der Waals surface area contributed by atoms with Crippen LogP contribution in [0.4, 0.5) is 0 Å². The third-order valence-electron chi connectivity index (χ3n) is 4.49. The van der Waals surface area contributed by atoms with Crippen molar-refractivity contribution in [2.24, 2.45) is 5.41 Å². The number of aryl methyl sites for hydroxylation is 1. The SMILES string of the molecule is CC.Cc1ccc(C23CN(C)CC2(C)C3)cc1. The lowest BCUT2D eigenvalue weighted by molar-refractivity contribution is 0.343. The van der Waals surface area contributed by atoms with Crippen LogP contribution in [0.25, 0.3) is 0 Å². The Morgan fingerprint density at radius 3 is 2.12 bits per heavy atom. The number of hydrogen-bond acceptors (Lipinski definition) is 1. The second-order valence-corrected chi connectivity index (χ2v) is 5.86. The highest BCUT2D eigenvalue weighted by Crippen LogP contribution is 2.68. The normalized spacial score (nSPS) is 34.9. The molecule has 0 bridgehead atoms. The number of likely N-dealkylation sites (tertiary alicyclic amines) is 1. The van der Waals surface area contributed by atoms with Crippen molar-refractivity contribution in [2.45, 2.75) is 39.5 Å². The molecule has 2 unspecified atom stereocenters. The summed E-state index contributed by atoms with van der Waals surface area (Å²) in [5.74, 6) is 0. The third-order valence-corrected chi connectivity index (χ3v) is 4.49. The maximum absolute atomic E-state index is 2.48. The Hall–Kier alpha value is -0.820. The fourth-order valence-electron chi connectivity index (χ4n) is 3.60. The Morgan fingerprint density at radius 1 is 1.06 bits per heavy atom. The van der Waals surface area contributed by atoms with Crippen LogP contribution in [0.2, 0.25) is 0 Å². The van der Waals surface area contributed by atoms with E-state index in [1.807, 2.05) is 13.8 Å². The Kier molecular flexibility index (Phi) is 3.07. The van der Waals surface area contributed by atoms with Crippen LogP contribution in [0.1, 0.15) is 38.3 Å². The highest BCUT2D eigenvalue weighted by molar-refractivity contribution is 5.42. The zero-order valence-electron chi connectivity index (χ0n) is 11.9. The summed E-state index contributed by atoms with van der Waals surface area (Å²) in [5.41, 5.74) is 3.95. The van der Waals surface area contributed by atoms with Crippen molar-refractivity contribution >= 4 is 0 Å². The van der Waals surface area contributed by atoms with Crippen LogP contribution in [0.3, 0.4) is 0 Å². The fraction of sp³-hybridized carbons (Fsp3) is 0.625. The molecule has 1 aromatic carbocycles. The van der Waals surface area contributed by atoms with E-state index in [4.69, 9.17) is 0 Å². The van der Waals surface area contributed by atoms with E-state index in [9.17, 15) is 0 Å². The van der Waals surface area contributed by atoms with Crippen molar-refractivity contribution in [2.75, 3.05) is 20.1 Å². The molecular weight excluding hydrogens is 206 g/mol. The van der Waals surface area contributed by atoms with Crippen molar-refractivity contribution in [3.63, 3.8) is 0 Å². The van der Waals surface area contributed by atoms with E-state index >= 15 is 0 Å². The maximum atomic E-state index is 2.48. The summed E-state index contributed by atoms with van der Waals surface area (Å²) in [6.07, 6.45) is 1.38. The molecule has 0 spiro atoms.